The zero-order chi connectivity index (χ0) is 13.3. The number of nitrogens with one attached hydrogen (secondary N) is 2. The highest BCUT2D eigenvalue weighted by atomic mass is 127. The normalized spacial score (nSPS) is 15.2. The molecular weight excluding hydrogens is 385 g/mol. The number of aliphatic imine (C=N–C) groups is 1. The van der Waals surface area contributed by atoms with E-state index in [0.29, 0.717) is 0 Å². The third-order valence-corrected chi connectivity index (χ3v) is 3.79. The number of hydrogen-bond acceptors (Lipinski definition) is 3. The van der Waals surface area contributed by atoms with Crippen LogP contribution in [-0.2, 0) is 11.3 Å². The van der Waals surface area contributed by atoms with Gasteiger partial charge in [-0.15, -0.1) is 24.0 Å². The first-order chi connectivity index (χ1) is 9.38. The molecule has 2 heterocycles. The fourth-order valence-electron chi connectivity index (χ4n) is 1.93. The second kappa shape index (κ2) is 10.2. The molecule has 0 saturated heterocycles. The van der Waals surface area contributed by atoms with Crippen LogP contribution in [0.4, 0.5) is 0 Å². The summed E-state index contributed by atoms with van der Waals surface area (Å²) in [6.45, 7) is 3.35. The summed E-state index contributed by atoms with van der Waals surface area (Å²) >= 11 is 1.72. The van der Waals surface area contributed by atoms with Gasteiger partial charge in [-0.05, 0) is 35.2 Å². The number of rotatable bonds is 5. The lowest BCUT2D eigenvalue weighted by atomic mass is 10.1. The first-order valence-corrected chi connectivity index (χ1v) is 7.54. The van der Waals surface area contributed by atoms with Crippen molar-refractivity contribution in [1.82, 2.24) is 10.6 Å². The summed E-state index contributed by atoms with van der Waals surface area (Å²) in [7, 11) is 1.80. The Hall–Kier alpha value is -0.600. The maximum absolute atomic E-state index is 5.30. The molecule has 1 aromatic rings. The zero-order valence-corrected chi connectivity index (χ0v) is 14.9. The van der Waals surface area contributed by atoms with Gasteiger partial charge in [-0.3, -0.25) is 4.99 Å². The molecule has 112 valence electrons. The minimum atomic E-state index is 0. The highest BCUT2D eigenvalue weighted by Gasteiger charge is 2.04. The van der Waals surface area contributed by atoms with Gasteiger partial charge in [0.15, 0.2) is 5.96 Å². The first-order valence-electron chi connectivity index (χ1n) is 6.59. The van der Waals surface area contributed by atoms with Crippen LogP contribution in [0, 0.1) is 0 Å². The second-order valence-electron chi connectivity index (χ2n) is 4.42. The average Bonchev–Trinajstić information content (AvgIpc) is 2.97. The van der Waals surface area contributed by atoms with Crippen molar-refractivity contribution in [3.05, 3.63) is 34.0 Å². The lowest BCUT2D eigenvalue weighted by Gasteiger charge is -2.15. The third kappa shape index (κ3) is 6.23. The van der Waals surface area contributed by atoms with Crippen LogP contribution in [0.25, 0.3) is 0 Å². The van der Waals surface area contributed by atoms with Crippen LogP contribution in [0.15, 0.2) is 33.5 Å². The summed E-state index contributed by atoms with van der Waals surface area (Å²) in [5.41, 5.74) is 2.77. The maximum atomic E-state index is 5.30. The number of thiophene rings is 1. The van der Waals surface area contributed by atoms with Crippen LogP contribution < -0.4 is 10.6 Å². The van der Waals surface area contributed by atoms with Crippen LogP contribution in [0.2, 0.25) is 0 Å². The summed E-state index contributed by atoms with van der Waals surface area (Å²) in [4.78, 5) is 4.22. The van der Waals surface area contributed by atoms with Crippen molar-refractivity contribution in [2.75, 3.05) is 26.8 Å². The largest absolute Gasteiger partial charge is 0.377 e. The fraction of sp³-hybridized carbons (Fsp3) is 0.500. The third-order valence-electron chi connectivity index (χ3n) is 3.06. The van der Waals surface area contributed by atoms with Gasteiger partial charge in [-0.2, -0.15) is 11.3 Å². The Kier molecular flexibility index (Phi) is 8.88. The van der Waals surface area contributed by atoms with Crippen molar-refractivity contribution in [3.63, 3.8) is 0 Å². The molecule has 0 fully saturated rings. The van der Waals surface area contributed by atoms with E-state index >= 15 is 0 Å². The van der Waals surface area contributed by atoms with Crippen LogP contribution in [0.5, 0.6) is 0 Å². The lowest BCUT2D eigenvalue weighted by molar-refractivity contribution is 0.153. The molecule has 0 bridgehead atoms. The van der Waals surface area contributed by atoms with E-state index in [1.54, 1.807) is 18.4 Å². The molecule has 2 N–H and O–H groups in total. The second-order valence-corrected chi connectivity index (χ2v) is 5.20. The molecule has 6 heteroatoms. The number of nitrogens with zero attached hydrogens (tertiary/aromatic N) is 1. The van der Waals surface area contributed by atoms with Crippen molar-refractivity contribution >= 4 is 41.3 Å². The summed E-state index contributed by atoms with van der Waals surface area (Å²) < 4.78 is 5.30. The Balaban J connectivity index is 0.00000200. The van der Waals surface area contributed by atoms with Gasteiger partial charge >= 0.3 is 0 Å². The minimum Gasteiger partial charge on any atom is -0.377 e. The molecule has 0 amide bonds. The highest BCUT2D eigenvalue weighted by Crippen LogP contribution is 2.10. The molecule has 1 aliphatic heterocycles. The van der Waals surface area contributed by atoms with E-state index in [4.69, 9.17) is 4.74 Å². The Labute approximate surface area is 141 Å². The molecular formula is C14H22IN3OS. The van der Waals surface area contributed by atoms with Crippen molar-refractivity contribution in [3.8, 4) is 0 Å². The SMILES string of the molecule is CN=C(NCCC1=CCOCC1)NCc1ccsc1.I. The van der Waals surface area contributed by atoms with Crippen LogP contribution >= 0.6 is 35.3 Å². The molecule has 0 aliphatic carbocycles. The first kappa shape index (κ1) is 17.5. The zero-order valence-electron chi connectivity index (χ0n) is 11.7. The number of halogens is 1. The van der Waals surface area contributed by atoms with Crippen LogP contribution in [-0.4, -0.2) is 32.8 Å². The molecule has 0 atom stereocenters. The molecule has 0 saturated carbocycles. The summed E-state index contributed by atoms with van der Waals surface area (Å²) in [5, 5.41) is 10.9. The van der Waals surface area contributed by atoms with Gasteiger partial charge < -0.3 is 15.4 Å². The van der Waals surface area contributed by atoms with Crippen LogP contribution in [0.1, 0.15) is 18.4 Å². The Morgan fingerprint density at radius 2 is 2.35 bits per heavy atom. The van der Waals surface area contributed by atoms with Gasteiger partial charge in [0.2, 0.25) is 0 Å². The molecule has 4 nitrogen and oxygen atoms in total. The quantitative estimate of drug-likeness (QED) is 0.342. The van der Waals surface area contributed by atoms with Gasteiger partial charge in [-0.1, -0.05) is 11.6 Å². The van der Waals surface area contributed by atoms with E-state index in [-0.39, 0.29) is 24.0 Å². The summed E-state index contributed by atoms with van der Waals surface area (Å²) in [6.07, 6.45) is 4.30. The summed E-state index contributed by atoms with van der Waals surface area (Å²) in [5.74, 6) is 0.860. The molecule has 0 radical (unpaired) electrons. The highest BCUT2D eigenvalue weighted by molar-refractivity contribution is 14.0. The van der Waals surface area contributed by atoms with Gasteiger partial charge in [0.25, 0.3) is 0 Å². The van der Waals surface area contributed by atoms with E-state index in [1.165, 1.54) is 11.1 Å². The molecule has 0 aromatic carbocycles. The number of ether oxygens (including phenoxy) is 1. The van der Waals surface area contributed by atoms with E-state index < -0.39 is 0 Å². The Morgan fingerprint density at radius 1 is 1.45 bits per heavy atom. The lowest BCUT2D eigenvalue weighted by Crippen LogP contribution is -2.37. The van der Waals surface area contributed by atoms with Crippen LogP contribution in [0.3, 0.4) is 0 Å². The molecule has 1 aliphatic rings. The minimum absolute atomic E-state index is 0. The number of hydrogen-bond donors (Lipinski definition) is 2. The van der Waals surface area contributed by atoms with Gasteiger partial charge in [0.1, 0.15) is 0 Å². The molecule has 0 spiro atoms. The van der Waals surface area contributed by atoms with Gasteiger partial charge in [0, 0.05) is 20.1 Å². The fourth-order valence-corrected chi connectivity index (χ4v) is 2.60. The van der Waals surface area contributed by atoms with Gasteiger partial charge in [0.05, 0.1) is 13.2 Å². The summed E-state index contributed by atoms with van der Waals surface area (Å²) in [6, 6.07) is 2.12. The Bertz CT molecular complexity index is 432. The molecule has 0 unspecified atom stereocenters. The number of guanidine groups is 1. The van der Waals surface area contributed by atoms with E-state index in [2.05, 4.69) is 38.5 Å². The standard InChI is InChI=1S/C14H21N3OS.HI/c1-15-14(17-10-13-5-9-19-11-13)16-6-2-12-3-7-18-8-4-12;/h3,5,9,11H,2,4,6-8,10H2,1H3,(H2,15,16,17);1H. The Morgan fingerprint density at radius 3 is 3.00 bits per heavy atom. The van der Waals surface area contributed by atoms with Crippen molar-refractivity contribution in [2.45, 2.75) is 19.4 Å². The van der Waals surface area contributed by atoms with Crippen molar-refractivity contribution in [1.29, 1.82) is 0 Å². The maximum Gasteiger partial charge on any atom is 0.191 e. The van der Waals surface area contributed by atoms with Crippen molar-refractivity contribution < 1.29 is 4.74 Å². The molecule has 1 aromatic heterocycles. The average molecular weight is 407 g/mol. The predicted octanol–water partition coefficient (Wildman–Crippen LogP) is 2.77. The van der Waals surface area contributed by atoms with E-state index in [0.717, 1.165) is 45.1 Å². The smallest absolute Gasteiger partial charge is 0.191 e. The predicted molar refractivity (Wildman–Crippen MR) is 96.1 cm³/mol. The van der Waals surface area contributed by atoms with Crippen molar-refractivity contribution in [2.24, 2.45) is 4.99 Å². The molecule has 2 rings (SSSR count). The van der Waals surface area contributed by atoms with E-state index in [9.17, 15) is 0 Å². The van der Waals surface area contributed by atoms with E-state index in [1.807, 2.05) is 0 Å². The topological polar surface area (TPSA) is 45.7 Å². The van der Waals surface area contributed by atoms with Gasteiger partial charge in [-0.25, -0.2) is 0 Å². The monoisotopic (exact) mass is 407 g/mol. The molecule has 20 heavy (non-hydrogen) atoms.